The summed E-state index contributed by atoms with van der Waals surface area (Å²) in [4.78, 5) is 42.7. The largest absolute Gasteiger partial charge is 0.325 e. The zero-order valence-corrected chi connectivity index (χ0v) is 14.3. The van der Waals surface area contributed by atoms with E-state index in [1.807, 2.05) is 6.92 Å². The number of imide groups is 1. The van der Waals surface area contributed by atoms with Crippen molar-refractivity contribution in [3.63, 3.8) is 0 Å². The first-order valence-electron chi connectivity index (χ1n) is 7.42. The summed E-state index contributed by atoms with van der Waals surface area (Å²) in [5.41, 5.74) is -0.909. The molecule has 1 aromatic carbocycles. The summed E-state index contributed by atoms with van der Waals surface area (Å²) >= 11 is 1.29. The smallest absolute Gasteiger partial charge is 0.319 e. The second-order valence-corrected chi connectivity index (χ2v) is 7.01. The van der Waals surface area contributed by atoms with Crippen molar-refractivity contribution in [2.24, 2.45) is 0 Å². The summed E-state index contributed by atoms with van der Waals surface area (Å²) in [5, 5.41) is 5.51. The van der Waals surface area contributed by atoms with Crippen LogP contribution in [0.15, 0.2) is 30.5 Å². The first-order chi connectivity index (χ1) is 11.8. The highest BCUT2D eigenvalue weighted by Crippen LogP contribution is 2.29. The lowest BCUT2D eigenvalue weighted by molar-refractivity contribution is -0.133. The van der Waals surface area contributed by atoms with Crippen LogP contribution in [0.2, 0.25) is 0 Å². The molecule has 1 atom stereocenters. The van der Waals surface area contributed by atoms with Gasteiger partial charge in [-0.15, -0.1) is 11.3 Å². The van der Waals surface area contributed by atoms with Crippen LogP contribution in [0.4, 0.5) is 14.3 Å². The van der Waals surface area contributed by atoms with E-state index in [0.29, 0.717) is 10.7 Å². The number of carbonyl (C=O) groups is 3. The van der Waals surface area contributed by atoms with E-state index in [1.165, 1.54) is 42.5 Å². The van der Waals surface area contributed by atoms with E-state index in [-0.39, 0.29) is 0 Å². The fraction of sp³-hybridized carbons (Fsp3) is 0.250. The number of carbonyl (C=O) groups excluding carboxylic acids is 3. The van der Waals surface area contributed by atoms with Crippen LogP contribution < -0.4 is 10.6 Å². The van der Waals surface area contributed by atoms with Gasteiger partial charge >= 0.3 is 6.03 Å². The number of halogens is 1. The maximum absolute atomic E-state index is 13.1. The van der Waals surface area contributed by atoms with E-state index < -0.39 is 35.7 Å². The molecule has 7 nitrogen and oxygen atoms in total. The lowest BCUT2D eigenvalue weighted by Gasteiger charge is -2.22. The molecule has 0 spiro atoms. The SMILES string of the molecule is Cc1cnc(NC(=O)CN2C(=O)NC(C)(c3ccc(F)cc3)C2=O)s1. The number of nitrogens with one attached hydrogen (secondary N) is 2. The molecule has 2 heterocycles. The summed E-state index contributed by atoms with van der Waals surface area (Å²) in [5.74, 6) is -1.55. The second kappa shape index (κ2) is 6.25. The molecule has 2 N–H and O–H groups in total. The summed E-state index contributed by atoms with van der Waals surface area (Å²) in [6.45, 7) is 2.93. The number of aromatic nitrogens is 1. The van der Waals surface area contributed by atoms with Crippen LogP contribution in [0.3, 0.4) is 0 Å². The predicted octanol–water partition coefficient (Wildman–Crippen LogP) is 2.00. The van der Waals surface area contributed by atoms with Crippen molar-refractivity contribution in [2.45, 2.75) is 19.4 Å². The van der Waals surface area contributed by atoms with E-state index in [1.54, 1.807) is 6.20 Å². The Morgan fingerprint density at radius 1 is 1.36 bits per heavy atom. The van der Waals surface area contributed by atoms with E-state index >= 15 is 0 Å². The third-order valence-corrected chi connectivity index (χ3v) is 4.69. The van der Waals surface area contributed by atoms with Gasteiger partial charge in [0.1, 0.15) is 17.9 Å². The Morgan fingerprint density at radius 3 is 2.64 bits per heavy atom. The Kier molecular flexibility index (Phi) is 4.25. The third kappa shape index (κ3) is 3.22. The molecule has 1 aliphatic rings. The molecule has 25 heavy (non-hydrogen) atoms. The van der Waals surface area contributed by atoms with Crippen LogP contribution in [0, 0.1) is 12.7 Å². The molecule has 1 unspecified atom stereocenters. The molecule has 1 saturated heterocycles. The molecule has 0 saturated carbocycles. The molecular formula is C16H15FN4O3S. The van der Waals surface area contributed by atoms with Gasteiger partial charge in [0.15, 0.2) is 5.13 Å². The Hall–Kier alpha value is -2.81. The van der Waals surface area contributed by atoms with Crippen LogP contribution in [-0.4, -0.2) is 34.3 Å². The number of hydrogen-bond acceptors (Lipinski definition) is 5. The van der Waals surface area contributed by atoms with Gasteiger partial charge in [0.2, 0.25) is 5.91 Å². The molecule has 1 fully saturated rings. The van der Waals surface area contributed by atoms with Crippen molar-refractivity contribution in [3.8, 4) is 0 Å². The molecule has 3 rings (SSSR count). The van der Waals surface area contributed by atoms with Crippen molar-refractivity contribution in [3.05, 3.63) is 46.7 Å². The van der Waals surface area contributed by atoms with Gasteiger partial charge < -0.3 is 10.6 Å². The summed E-state index contributed by atoms with van der Waals surface area (Å²) < 4.78 is 13.1. The second-order valence-electron chi connectivity index (χ2n) is 5.78. The molecule has 2 aromatic rings. The number of anilines is 1. The van der Waals surface area contributed by atoms with E-state index in [2.05, 4.69) is 15.6 Å². The molecule has 0 bridgehead atoms. The zero-order valence-electron chi connectivity index (χ0n) is 13.5. The third-order valence-electron chi connectivity index (χ3n) is 3.87. The van der Waals surface area contributed by atoms with Gasteiger partial charge in [-0.05, 0) is 31.5 Å². The monoisotopic (exact) mass is 362 g/mol. The van der Waals surface area contributed by atoms with Gasteiger partial charge in [0.05, 0.1) is 0 Å². The highest BCUT2D eigenvalue weighted by molar-refractivity contribution is 7.15. The van der Waals surface area contributed by atoms with Crippen molar-refractivity contribution >= 4 is 34.3 Å². The van der Waals surface area contributed by atoms with Crippen molar-refractivity contribution in [2.75, 3.05) is 11.9 Å². The van der Waals surface area contributed by atoms with Crippen LogP contribution in [0.5, 0.6) is 0 Å². The van der Waals surface area contributed by atoms with Gasteiger partial charge in [0.25, 0.3) is 5.91 Å². The Balaban J connectivity index is 1.74. The lowest BCUT2D eigenvalue weighted by atomic mass is 9.92. The van der Waals surface area contributed by atoms with E-state index in [0.717, 1.165) is 9.78 Å². The molecule has 4 amide bonds. The fourth-order valence-electron chi connectivity index (χ4n) is 2.53. The molecule has 1 aliphatic heterocycles. The molecule has 9 heteroatoms. The Labute approximate surface area is 146 Å². The van der Waals surface area contributed by atoms with Gasteiger partial charge in [-0.3, -0.25) is 14.5 Å². The number of benzene rings is 1. The first-order valence-corrected chi connectivity index (χ1v) is 8.23. The highest BCUT2D eigenvalue weighted by Gasteiger charge is 2.49. The molecule has 0 aliphatic carbocycles. The van der Waals surface area contributed by atoms with Crippen molar-refractivity contribution in [1.82, 2.24) is 15.2 Å². The normalized spacial score (nSPS) is 19.9. The average molecular weight is 362 g/mol. The topological polar surface area (TPSA) is 91.4 Å². The van der Waals surface area contributed by atoms with Crippen molar-refractivity contribution in [1.29, 1.82) is 0 Å². The van der Waals surface area contributed by atoms with Gasteiger partial charge in [-0.2, -0.15) is 0 Å². The summed E-state index contributed by atoms with van der Waals surface area (Å²) in [6.07, 6.45) is 1.61. The average Bonchev–Trinajstić information content (AvgIpc) is 3.05. The Morgan fingerprint density at radius 2 is 2.04 bits per heavy atom. The van der Waals surface area contributed by atoms with E-state index in [4.69, 9.17) is 0 Å². The molecule has 0 radical (unpaired) electrons. The minimum atomic E-state index is -1.34. The van der Waals surface area contributed by atoms with Crippen LogP contribution in [-0.2, 0) is 15.1 Å². The number of urea groups is 1. The standard InChI is InChI=1S/C16H15FN4O3S/c1-9-7-18-14(25-9)19-12(22)8-21-13(23)16(2,20-15(21)24)10-3-5-11(17)6-4-10/h3-7H,8H2,1-2H3,(H,20,24)(H,18,19,22). The lowest BCUT2D eigenvalue weighted by Crippen LogP contribution is -2.42. The number of amides is 4. The number of nitrogens with zero attached hydrogens (tertiary/aromatic N) is 2. The van der Waals surface area contributed by atoms with Gasteiger partial charge in [-0.25, -0.2) is 14.2 Å². The minimum absolute atomic E-state index is 0.399. The molecule has 1 aromatic heterocycles. The van der Waals surface area contributed by atoms with Crippen LogP contribution >= 0.6 is 11.3 Å². The Bertz CT molecular complexity index is 851. The van der Waals surface area contributed by atoms with Crippen molar-refractivity contribution < 1.29 is 18.8 Å². The maximum Gasteiger partial charge on any atom is 0.325 e. The van der Waals surface area contributed by atoms with E-state index in [9.17, 15) is 18.8 Å². The van der Waals surface area contributed by atoms with Gasteiger partial charge in [-0.1, -0.05) is 12.1 Å². The zero-order chi connectivity index (χ0) is 18.2. The quantitative estimate of drug-likeness (QED) is 0.814. The maximum atomic E-state index is 13.1. The van der Waals surface area contributed by atoms with Gasteiger partial charge in [0, 0.05) is 11.1 Å². The number of thiazole rings is 1. The summed E-state index contributed by atoms with van der Waals surface area (Å²) in [7, 11) is 0. The summed E-state index contributed by atoms with van der Waals surface area (Å²) in [6, 6.07) is 4.59. The predicted molar refractivity (Wildman–Crippen MR) is 89.5 cm³/mol. The van der Waals surface area contributed by atoms with Crippen LogP contribution in [0.25, 0.3) is 0 Å². The number of aryl methyl sites for hydroxylation is 1. The first kappa shape index (κ1) is 17.0. The number of rotatable bonds is 4. The number of hydrogen-bond donors (Lipinski definition) is 2. The molecule has 130 valence electrons. The fourth-order valence-corrected chi connectivity index (χ4v) is 3.22. The molecular weight excluding hydrogens is 347 g/mol. The minimum Gasteiger partial charge on any atom is -0.319 e. The van der Waals surface area contributed by atoms with Crippen LogP contribution in [0.1, 0.15) is 17.4 Å². The highest BCUT2D eigenvalue weighted by atomic mass is 32.1.